The second-order valence-corrected chi connectivity index (χ2v) is 5.51. The Morgan fingerprint density at radius 2 is 2.21 bits per heavy atom. The molecule has 1 aliphatic rings. The van der Waals surface area contributed by atoms with Crippen molar-refractivity contribution in [3.8, 4) is 11.5 Å². The number of carbonyl (C=O) groups excluding carboxylic acids is 1. The minimum absolute atomic E-state index is 0.127. The van der Waals surface area contributed by atoms with Gasteiger partial charge in [-0.15, -0.1) is 11.3 Å². The molecule has 3 nitrogen and oxygen atoms in total. The summed E-state index contributed by atoms with van der Waals surface area (Å²) in [6.45, 7) is 2.04. The van der Waals surface area contributed by atoms with E-state index in [4.69, 9.17) is 9.47 Å². The van der Waals surface area contributed by atoms with Crippen molar-refractivity contribution in [3.05, 3.63) is 45.6 Å². The molecule has 0 fully saturated rings. The first-order valence-electron chi connectivity index (χ1n) is 6.11. The van der Waals surface area contributed by atoms with Crippen LogP contribution in [0.5, 0.6) is 11.5 Å². The molecule has 0 amide bonds. The Balaban J connectivity index is 1.99. The molecule has 0 radical (unpaired) electrons. The summed E-state index contributed by atoms with van der Waals surface area (Å²) in [5, 5.41) is 2.03. The third-order valence-corrected chi connectivity index (χ3v) is 4.43. The van der Waals surface area contributed by atoms with Gasteiger partial charge in [-0.2, -0.15) is 0 Å². The number of carbonyl (C=O) groups is 1. The highest BCUT2D eigenvalue weighted by atomic mass is 32.1. The van der Waals surface area contributed by atoms with Gasteiger partial charge in [0.05, 0.1) is 19.1 Å². The van der Waals surface area contributed by atoms with E-state index in [9.17, 15) is 4.79 Å². The van der Waals surface area contributed by atoms with Gasteiger partial charge < -0.3 is 9.47 Å². The summed E-state index contributed by atoms with van der Waals surface area (Å²) in [6, 6.07) is 7.39. The largest absolute Gasteiger partial charge is 0.497 e. The quantitative estimate of drug-likeness (QED) is 0.836. The van der Waals surface area contributed by atoms with Crippen LogP contribution in [0.2, 0.25) is 0 Å². The monoisotopic (exact) mass is 274 g/mol. The van der Waals surface area contributed by atoms with Crippen LogP contribution in [-0.4, -0.2) is 12.9 Å². The lowest BCUT2D eigenvalue weighted by Crippen LogP contribution is -2.20. The van der Waals surface area contributed by atoms with Crippen molar-refractivity contribution < 1.29 is 14.3 Å². The molecule has 2 heterocycles. The van der Waals surface area contributed by atoms with E-state index in [0.29, 0.717) is 23.5 Å². The number of fused-ring (bicyclic) bond motifs is 1. The molecule has 1 atom stereocenters. The average molecular weight is 274 g/mol. The van der Waals surface area contributed by atoms with Crippen molar-refractivity contribution in [1.29, 1.82) is 0 Å². The number of ketones is 1. The first-order chi connectivity index (χ1) is 9.19. The third kappa shape index (κ3) is 2.12. The minimum Gasteiger partial charge on any atom is -0.497 e. The number of thiophene rings is 1. The molecule has 0 saturated heterocycles. The Morgan fingerprint density at radius 1 is 1.37 bits per heavy atom. The van der Waals surface area contributed by atoms with Crippen molar-refractivity contribution in [2.75, 3.05) is 7.11 Å². The molecule has 0 spiro atoms. The van der Waals surface area contributed by atoms with Gasteiger partial charge in [0.1, 0.15) is 17.6 Å². The summed E-state index contributed by atoms with van der Waals surface area (Å²) in [5.41, 5.74) is 1.82. The smallest absolute Gasteiger partial charge is 0.170 e. The molecular weight excluding hydrogens is 260 g/mol. The molecule has 1 unspecified atom stereocenters. The molecule has 1 aromatic heterocycles. The molecule has 1 aliphatic heterocycles. The SMILES string of the molecule is COc1ccc2c(c1)OC(c1sccc1C)CC2=O. The number of hydrogen-bond acceptors (Lipinski definition) is 4. The number of aryl methyl sites for hydroxylation is 1. The van der Waals surface area contributed by atoms with E-state index in [1.165, 1.54) is 5.56 Å². The van der Waals surface area contributed by atoms with Gasteiger partial charge in [0.25, 0.3) is 0 Å². The maximum absolute atomic E-state index is 12.2. The van der Waals surface area contributed by atoms with Crippen LogP contribution in [-0.2, 0) is 0 Å². The number of methoxy groups -OCH3 is 1. The van der Waals surface area contributed by atoms with Crippen molar-refractivity contribution >= 4 is 17.1 Å². The molecule has 0 bridgehead atoms. The average Bonchev–Trinajstić information content (AvgIpc) is 2.84. The van der Waals surface area contributed by atoms with Gasteiger partial charge in [0.15, 0.2) is 5.78 Å². The highest BCUT2D eigenvalue weighted by molar-refractivity contribution is 7.10. The van der Waals surface area contributed by atoms with E-state index in [1.807, 2.05) is 12.3 Å². The van der Waals surface area contributed by atoms with Crippen LogP contribution in [0.1, 0.15) is 33.3 Å². The van der Waals surface area contributed by atoms with Crippen LogP contribution in [0, 0.1) is 6.92 Å². The van der Waals surface area contributed by atoms with Crippen molar-refractivity contribution in [3.63, 3.8) is 0 Å². The topological polar surface area (TPSA) is 35.5 Å². The van der Waals surface area contributed by atoms with E-state index in [-0.39, 0.29) is 11.9 Å². The van der Waals surface area contributed by atoms with E-state index in [2.05, 4.69) is 6.07 Å². The van der Waals surface area contributed by atoms with Gasteiger partial charge in [-0.1, -0.05) is 0 Å². The van der Waals surface area contributed by atoms with Crippen LogP contribution in [0.4, 0.5) is 0 Å². The molecule has 3 rings (SSSR count). The van der Waals surface area contributed by atoms with Crippen LogP contribution < -0.4 is 9.47 Å². The summed E-state index contributed by atoms with van der Waals surface area (Å²) in [4.78, 5) is 13.3. The molecule has 0 aliphatic carbocycles. The second-order valence-electron chi connectivity index (χ2n) is 4.56. The van der Waals surface area contributed by atoms with Gasteiger partial charge in [-0.25, -0.2) is 0 Å². The number of ether oxygens (including phenoxy) is 2. The number of rotatable bonds is 2. The highest BCUT2D eigenvalue weighted by Gasteiger charge is 2.29. The zero-order valence-corrected chi connectivity index (χ0v) is 11.6. The molecule has 19 heavy (non-hydrogen) atoms. The first kappa shape index (κ1) is 12.2. The Kier molecular flexibility index (Phi) is 3.03. The van der Waals surface area contributed by atoms with E-state index in [0.717, 1.165) is 4.88 Å². The number of Topliss-reactive ketones (excluding diaryl/α,β-unsaturated/α-hetero) is 1. The molecule has 1 aromatic carbocycles. The maximum atomic E-state index is 12.2. The van der Waals surface area contributed by atoms with E-state index >= 15 is 0 Å². The van der Waals surface area contributed by atoms with Crippen molar-refractivity contribution in [2.45, 2.75) is 19.4 Å². The fourth-order valence-corrected chi connectivity index (χ4v) is 3.25. The summed E-state index contributed by atoms with van der Waals surface area (Å²) in [5.74, 6) is 1.45. The molecule has 4 heteroatoms. The maximum Gasteiger partial charge on any atom is 0.170 e. The fraction of sp³-hybridized carbons (Fsp3) is 0.267. The van der Waals surface area contributed by atoms with E-state index < -0.39 is 0 Å². The lowest BCUT2D eigenvalue weighted by atomic mass is 9.98. The van der Waals surface area contributed by atoms with Gasteiger partial charge in [-0.05, 0) is 36.1 Å². The lowest BCUT2D eigenvalue weighted by molar-refractivity contribution is 0.0853. The van der Waals surface area contributed by atoms with Crippen molar-refractivity contribution in [2.24, 2.45) is 0 Å². The van der Waals surface area contributed by atoms with Gasteiger partial charge in [0.2, 0.25) is 0 Å². The van der Waals surface area contributed by atoms with Crippen LogP contribution in [0.3, 0.4) is 0 Å². The second kappa shape index (κ2) is 4.70. The number of hydrogen-bond donors (Lipinski definition) is 0. The normalized spacial score (nSPS) is 17.8. The first-order valence-corrected chi connectivity index (χ1v) is 6.99. The van der Waals surface area contributed by atoms with Crippen LogP contribution in [0.25, 0.3) is 0 Å². The molecular formula is C15H14O3S. The Hall–Kier alpha value is -1.81. The lowest BCUT2D eigenvalue weighted by Gasteiger charge is -2.25. The highest BCUT2D eigenvalue weighted by Crippen LogP contribution is 2.39. The molecule has 0 saturated carbocycles. The fourth-order valence-electron chi connectivity index (χ4n) is 2.29. The summed E-state index contributed by atoms with van der Waals surface area (Å²) in [7, 11) is 1.60. The predicted octanol–water partition coefficient (Wildman–Crippen LogP) is 3.77. The zero-order chi connectivity index (χ0) is 13.4. The van der Waals surface area contributed by atoms with E-state index in [1.54, 1.807) is 36.6 Å². The Bertz CT molecular complexity index is 630. The van der Waals surface area contributed by atoms with Crippen LogP contribution in [0.15, 0.2) is 29.6 Å². The number of benzene rings is 1. The zero-order valence-electron chi connectivity index (χ0n) is 10.8. The minimum atomic E-state index is -0.174. The summed E-state index contributed by atoms with van der Waals surface area (Å²) < 4.78 is 11.2. The molecule has 98 valence electrons. The Labute approximate surface area is 115 Å². The summed E-state index contributed by atoms with van der Waals surface area (Å²) >= 11 is 1.63. The molecule has 0 N–H and O–H groups in total. The van der Waals surface area contributed by atoms with Gasteiger partial charge >= 0.3 is 0 Å². The van der Waals surface area contributed by atoms with Gasteiger partial charge in [-0.3, -0.25) is 4.79 Å². The summed E-state index contributed by atoms with van der Waals surface area (Å²) in [6.07, 6.45) is 0.229. The third-order valence-electron chi connectivity index (χ3n) is 3.32. The standard InChI is InChI=1S/C15H14O3S/c1-9-5-6-19-15(9)14-8-12(16)11-4-3-10(17-2)7-13(11)18-14/h3-7,14H,8H2,1-2H3. The Morgan fingerprint density at radius 3 is 2.89 bits per heavy atom. The van der Waals surface area contributed by atoms with Crippen molar-refractivity contribution in [1.82, 2.24) is 0 Å². The molecule has 2 aromatic rings. The van der Waals surface area contributed by atoms with Gasteiger partial charge in [0, 0.05) is 10.9 Å². The predicted molar refractivity (Wildman–Crippen MR) is 74.4 cm³/mol. The van der Waals surface area contributed by atoms with Crippen LogP contribution >= 0.6 is 11.3 Å².